The Balaban J connectivity index is 0.000000383. The zero-order valence-electron chi connectivity index (χ0n) is 11.7. The summed E-state index contributed by atoms with van der Waals surface area (Å²) in [6.45, 7) is 6.58. The van der Waals surface area contributed by atoms with Gasteiger partial charge in [-0.25, -0.2) is 13.0 Å². The van der Waals surface area contributed by atoms with E-state index in [0.29, 0.717) is 0 Å². The standard InChI is InChI=1S/C13H16NS2.H2O4S/c1-3-14(4-2)13-15-10-12(16-13)11-8-6-5-7-9-11;1-5(2,3)4/h5-10H,3-4H2,1-2H3;(H2,1,2,3,4)/q+1;/p-1. The summed E-state index contributed by atoms with van der Waals surface area (Å²) >= 11 is 3.73. The highest BCUT2D eigenvalue weighted by Crippen LogP contribution is 2.22. The fourth-order valence-corrected chi connectivity index (χ4v) is 4.12. The second-order valence-corrected chi connectivity index (χ2v) is 6.94. The van der Waals surface area contributed by atoms with Crippen LogP contribution in [0, 0.1) is 0 Å². The molecule has 0 aliphatic heterocycles. The summed E-state index contributed by atoms with van der Waals surface area (Å²) in [5.41, 5.74) is 1.32. The van der Waals surface area contributed by atoms with Gasteiger partial charge >= 0.3 is 3.98 Å². The topological polar surface area (TPSA) is 80.4 Å². The molecule has 0 spiro atoms. The van der Waals surface area contributed by atoms with Crippen molar-refractivity contribution >= 4 is 33.1 Å². The summed E-state index contributed by atoms with van der Waals surface area (Å²) in [6, 6.07) is 10.6. The van der Waals surface area contributed by atoms with Gasteiger partial charge in [-0.1, -0.05) is 53.0 Å². The summed E-state index contributed by atoms with van der Waals surface area (Å²) in [6.07, 6.45) is 0. The first-order valence-electron chi connectivity index (χ1n) is 6.25. The van der Waals surface area contributed by atoms with Crippen LogP contribution in [-0.4, -0.2) is 30.6 Å². The Kier molecular flexibility index (Phi) is 7.20. The molecule has 8 heteroatoms. The van der Waals surface area contributed by atoms with Crippen LogP contribution in [0.5, 0.6) is 0 Å². The number of nitrogens with zero attached hydrogens (tertiary/aromatic N) is 1. The molecule has 5 nitrogen and oxygen atoms in total. The second kappa shape index (κ2) is 8.40. The Morgan fingerprint density at radius 2 is 1.71 bits per heavy atom. The molecule has 0 radical (unpaired) electrons. The van der Waals surface area contributed by atoms with Gasteiger partial charge in [0.2, 0.25) is 10.4 Å². The van der Waals surface area contributed by atoms with E-state index in [9.17, 15) is 0 Å². The predicted molar refractivity (Wildman–Crippen MR) is 86.3 cm³/mol. The minimum absolute atomic E-state index is 1.09. The van der Waals surface area contributed by atoms with Crippen molar-refractivity contribution in [1.29, 1.82) is 0 Å². The Morgan fingerprint density at radius 1 is 1.19 bits per heavy atom. The Morgan fingerprint density at radius 3 is 2.19 bits per heavy atom. The predicted octanol–water partition coefficient (Wildman–Crippen LogP) is 2.29. The van der Waals surface area contributed by atoms with Gasteiger partial charge in [0.05, 0.1) is 4.88 Å². The lowest BCUT2D eigenvalue weighted by Gasteiger charge is -1.93. The average Bonchev–Trinajstić information content (AvgIpc) is 2.89. The van der Waals surface area contributed by atoms with Gasteiger partial charge in [-0.3, -0.25) is 4.55 Å². The molecule has 0 saturated carbocycles. The first-order chi connectivity index (χ1) is 9.85. The van der Waals surface area contributed by atoms with E-state index in [0.717, 1.165) is 13.1 Å². The molecular weight excluding hydrogens is 330 g/mol. The van der Waals surface area contributed by atoms with Gasteiger partial charge < -0.3 is 4.55 Å². The molecule has 0 unspecified atom stereocenters. The molecule has 0 atom stereocenters. The molecule has 1 aromatic carbocycles. The molecule has 0 fully saturated rings. The number of rotatable bonds is 3. The molecule has 1 aromatic heterocycles. The lowest BCUT2D eigenvalue weighted by atomic mass is 10.2. The van der Waals surface area contributed by atoms with Crippen molar-refractivity contribution < 1.29 is 17.5 Å². The highest BCUT2D eigenvalue weighted by atomic mass is 32.3. The summed E-state index contributed by atoms with van der Waals surface area (Å²) in [4.78, 5) is 1.37. The van der Waals surface area contributed by atoms with Crippen LogP contribution in [0.1, 0.15) is 13.8 Å². The SMILES string of the molecule is CC[N+](CC)=c1scc(-c2ccccc2)s1.O=S(=O)([O-])O. The zero-order chi connectivity index (χ0) is 15.9. The van der Waals surface area contributed by atoms with Crippen molar-refractivity contribution in [3.05, 3.63) is 39.7 Å². The van der Waals surface area contributed by atoms with Crippen molar-refractivity contribution in [1.82, 2.24) is 4.58 Å². The molecule has 0 aliphatic rings. The van der Waals surface area contributed by atoms with E-state index in [2.05, 4.69) is 54.1 Å². The molecule has 2 aromatic rings. The fraction of sp³-hybridized carbons (Fsp3) is 0.308. The molecule has 0 aliphatic carbocycles. The van der Waals surface area contributed by atoms with Crippen LogP contribution >= 0.6 is 22.7 Å². The van der Waals surface area contributed by atoms with Gasteiger partial charge in [0.25, 0.3) is 0 Å². The Hall–Kier alpha value is -1.06. The number of benzene rings is 1. The first kappa shape index (κ1) is 18.0. The first-order valence-corrected chi connectivity index (χ1v) is 9.31. The summed E-state index contributed by atoms with van der Waals surface area (Å²) in [5, 5.41) is 2.26. The van der Waals surface area contributed by atoms with Crippen LogP contribution < -0.4 is 8.56 Å². The normalized spacial score (nSPS) is 10.7. The third kappa shape index (κ3) is 6.96. The molecule has 21 heavy (non-hydrogen) atoms. The van der Waals surface area contributed by atoms with Gasteiger partial charge in [-0.15, -0.1) is 0 Å². The molecule has 1 N–H and O–H groups in total. The quantitative estimate of drug-likeness (QED) is 0.525. The number of hydrogen-bond donors (Lipinski definition) is 1. The van der Waals surface area contributed by atoms with E-state index in [-0.39, 0.29) is 0 Å². The van der Waals surface area contributed by atoms with E-state index in [1.165, 1.54) is 14.4 Å². The molecule has 0 amide bonds. The van der Waals surface area contributed by atoms with E-state index in [1.807, 2.05) is 22.7 Å². The lowest BCUT2D eigenvalue weighted by Crippen LogP contribution is -2.25. The van der Waals surface area contributed by atoms with Crippen molar-refractivity contribution in [2.75, 3.05) is 13.1 Å². The summed E-state index contributed by atoms with van der Waals surface area (Å²) < 4.78 is 36.6. The second-order valence-electron chi connectivity index (χ2n) is 3.93. The molecule has 2 rings (SSSR count). The smallest absolute Gasteiger partial charge is 0.314 e. The monoisotopic (exact) mass is 347 g/mol. The van der Waals surface area contributed by atoms with Crippen LogP contribution in [0.3, 0.4) is 0 Å². The maximum Gasteiger partial charge on any atom is 0.314 e. The third-order valence-electron chi connectivity index (χ3n) is 2.54. The van der Waals surface area contributed by atoms with Crippen molar-refractivity contribution in [2.45, 2.75) is 13.8 Å². The minimum Gasteiger partial charge on any atom is -0.726 e. The van der Waals surface area contributed by atoms with Crippen LogP contribution in [0.4, 0.5) is 0 Å². The molecule has 1 heterocycles. The summed E-state index contributed by atoms with van der Waals surface area (Å²) in [7, 11) is -4.92. The fourth-order valence-electron chi connectivity index (χ4n) is 1.60. The van der Waals surface area contributed by atoms with E-state index < -0.39 is 10.4 Å². The van der Waals surface area contributed by atoms with E-state index >= 15 is 0 Å². The van der Waals surface area contributed by atoms with Gasteiger partial charge in [0.1, 0.15) is 13.1 Å². The third-order valence-corrected chi connectivity index (χ3v) is 5.05. The van der Waals surface area contributed by atoms with Gasteiger partial charge in [0, 0.05) is 5.38 Å². The molecule has 116 valence electrons. The van der Waals surface area contributed by atoms with Gasteiger partial charge in [-0.05, 0) is 19.4 Å². The molecular formula is C13H17NO4S3. The van der Waals surface area contributed by atoms with Crippen LogP contribution in [0.25, 0.3) is 10.4 Å². The average molecular weight is 347 g/mol. The van der Waals surface area contributed by atoms with Crippen LogP contribution in [-0.2, 0) is 10.4 Å². The van der Waals surface area contributed by atoms with Gasteiger partial charge in [0.15, 0.2) is 0 Å². The largest absolute Gasteiger partial charge is 0.726 e. The van der Waals surface area contributed by atoms with Crippen LogP contribution in [0.2, 0.25) is 0 Å². The van der Waals surface area contributed by atoms with Crippen molar-refractivity contribution in [2.24, 2.45) is 0 Å². The van der Waals surface area contributed by atoms with Gasteiger partial charge in [-0.2, -0.15) is 0 Å². The van der Waals surface area contributed by atoms with Crippen molar-refractivity contribution in [3.63, 3.8) is 0 Å². The maximum absolute atomic E-state index is 8.63. The lowest BCUT2D eigenvalue weighted by molar-refractivity contribution is 0.366. The van der Waals surface area contributed by atoms with Crippen molar-refractivity contribution in [3.8, 4) is 10.4 Å². The highest BCUT2D eigenvalue weighted by molar-refractivity contribution is 7.79. The molecule has 0 saturated heterocycles. The maximum atomic E-state index is 8.63. The van der Waals surface area contributed by atoms with E-state index in [4.69, 9.17) is 17.5 Å². The minimum atomic E-state index is -4.92. The Labute approximate surface area is 132 Å². The summed E-state index contributed by atoms with van der Waals surface area (Å²) in [5.74, 6) is 0. The Bertz CT molecular complexity index is 703. The highest BCUT2D eigenvalue weighted by Gasteiger charge is 2.06. The number of hydrogen-bond acceptors (Lipinski definition) is 5. The zero-order valence-corrected chi connectivity index (χ0v) is 14.2. The van der Waals surface area contributed by atoms with E-state index in [1.54, 1.807) is 0 Å². The molecule has 0 bridgehead atoms. The van der Waals surface area contributed by atoms with Crippen LogP contribution in [0.15, 0.2) is 35.7 Å².